The minimum absolute atomic E-state index is 0.125. The number of phenols is 1. The quantitative estimate of drug-likeness (QED) is 0.0536. The van der Waals surface area contributed by atoms with Gasteiger partial charge in [0.1, 0.15) is 11.5 Å². The largest absolute Gasteiger partial charge is 0.505 e. The highest BCUT2D eigenvalue weighted by molar-refractivity contribution is 7.94. The number of fused-ring (bicyclic) bond motifs is 2. The van der Waals surface area contributed by atoms with Crippen molar-refractivity contribution in [1.82, 2.24) is 15.0 Å². The van der Waals surface area contributed by atoms with Crippen molar-refractivity contribution in [2.24, 2.45) is 10.2 Å². The third kappa shape index (κ3) is 14.3. The second-order valence-corrected chi connectivity index (χ2v) is 11.4. The standard InChI is InChI=1S/C25H21N7O4S.4C3H8/c1-14-27-24(26-2)30-25(28-14)29-19-9-5-8-17-13-20(37-36-35-34)22(23(33)21(17)19)32-31-18-11-10-15-6-3-4-7-16(15)12-18;4*1-3-2/h3-13,33-34H,1-2H3,(H2,26,27,28,29,30);4*3H2,1-2H3. The molecule has 0 atom stereocenters. The highest BCUT2D eigenvalue weighted by atomic mass is 32.2. The number of hydrogen-bond donors (Lipinski definition) is 4. The molecule has 0 fully saturated rings. The van der Waals surface area contributed by atoms with E-state index in [1.807, 2.05) is 54.6 Å². The number of phenolic OH excluding ortho intramolecular Hbond substituents is 1. The Morgan fingerprint density at radius 2 is 1.31 bits per heavy atom. The molecule has 11 nitrogen and oxygen atoms in total. The number of anilines is 3. The van der Waals surface area contributed by atoms with Crippen LogP contribution in [-0.4, -0.2) is 32.4 Å². The predicted octanol–water partition coefficient (Wildman–Crippen LogP) is 12.5. The maximum Gasteiger partial charge on any atom is 0.232 e. The predicted molar refractivity (Wildman–Crippen MR) is 206 cm³/mol. The first kappa shape index (κ1) is 42.7. The molecular weight excluding hydrogens is 639 g/mol. The molecule has 0 saturated heterocycles. The third-order valence-electron chi connectivity index (χ3n) is 5.45. The van der Waals surface area contributed by atoms with Crippen LogP contribution >= 0.6 is 12.0 Å². The molecule has 1 heterocycles. The number of nitrogens with one attached hydrogen (secondary N) is 2. The zero-order chi connectivity index (χ0) is 36.6. The van der Waals surface area contributed by atoms with Crippen LogP contribution in [0.3, 0.4) is 0 Å². The SMILES string of the molecule is CCC.CCC.CCC.CCC.CNc1nc(C)nc(Nc2cccc3cc(SOOO)c(N=Nc4ccc5ccccc5c4)c(O)c23)n1. The van der Waals surface area contributed by atoms with E-state index in [1.54, 1.807) is 26.1 Å². The summed E-state index contributed by atoms with van der Waals surface area (Å²) in [5, 5.41) is 41.7. The van der Waals surface area contributed by atoms with E-state index in [1.165, 1.54) is 25.7 Å². The number of benzene rings is 4. The van der Waals surface area contributed by atoms with Crippen molar-refractivity contribution < 1.29 is 19.7 Å². The van der Waals surface area contributed by atoms with E-state index in [2.05, 4.69) is 101 Å². The fourth-order valence-electron chi connectivity index (χ4n) is 3.83. The minimum atomic E-state index is -0.159. The Hall–Kier alpha value is -4.36. The van der Waals surface area contributed by atoms with Crippen LogP contribution in [0, 0.1) is 6.92 Å². The number of hydrogen-bond acceptors (Lipinski definition) is 12. The van der Waals surface area contributed by atoms with Gasteiger partial charge in [0.25, 0.3) is 0 Å². The van der Waals surface area contributed by atoms with Gasteiger partial charge in [0.05, 0.1) is 28.3 Å². The van der Waals surface area contributed by atoms with E-state index in [9.17, 15) is 5.11 Å². The summed E-state index contributed by atoms with van der Waals surface area (Å²) in [6.07, 6.45) is 5.00. The molecule has 5 aromatic rings. The van der Waals surface area contributed by atoms with E-state index in [-0.39, 0.29) is 11.4 Å². The zero-order valence-electron chi connectivity index (χ0n) is 30.5. The second-order valence-electron chi connectivity index (χ2n) is 10.7. The van der Waals surface area contributed by atoms with Crippen molar-refractivity contribution in [3.8, 4) is 5.75 Å². The number of aromatic nitrogens is 3. The number of aromatic hydroxyl groups is 1. The molecule has 0 aliphatic carbocycles. The van der Waals surface area contributed by atoms with Crippen molar-refractivity contribution in [3.05, 3.63) is 72.6 Å². The number of rotatable bonds is 8. The van der Waals surface area contributed by atoms with Gasteiger partial charge in [-0.2, -0.15) is 20.1 Å². The van der Waals surface area contributed by atoms with Gasteiger partial charge < -0.3 is 15.7 Å². The zero-order valence-corrected chi connectivity index (χ0v) is 31.4. The summed E-state index contributed by atoms with van der Waals surface area (Å²) in [5.74, 6) is 1.08. The first-order chi connectivity index (χ1) is 23.7. The van der Waals surface area contributed by atoms with Gasteiger partial charge in [0.2, 0.25) is 11.9 Å². The van der Waals surface area contributed by atoms with Gasteiger partial charge in [-0.25, -0.2) is 5.26 Å². The van der Waals surface area contributed by atoms with Crippen LogP contribution in [0.25, 0.3) is 21.5 Å². The molecule has 5 rings (SSSR count). The lowest BCUT2D eigenvalue weighted by molar-refractivity contribution is -0.432. The minimum Gasteiger partial charge on any atom is -0.505 e. The van der Waals surface area contributed by atoms with Crippen LogP contribution in [0.5, 0.6) is 5.75 Å². The molecule has 1 aromatic heterocycles. The van der Waals surface area contributed by atoms with Crippen LogP contribution < -0.4 is 10.6 Å². The lowest BCUT2D eigenvalue weighted by Crippen LogP contribution is -2.05. The van der Waals surface area contributed by atoms with Gasteiger partial charge in [-0.3, -0.25) is 0 Å². The lowest BCUT2D eigenvalue weighted by Gasteiger charge is -2.14. The van der Waals surface area contributed by atoms with E-state index >= 15 is 0 Å². The molecule has 0 aliphatic rings. The van der Waals surface area contributed by atoms with Gasteiger partial charge in [-0.1, -0.05) is 129 Å². The summed E-state index contributed by atoms with van der Waals surface area (Å²) in [4.78, 5) is 13.2. The Labute approximate surface area is 295 Å². The Kier molecular flexibility index (Phi) is 21.5. The van der Waals surface area contributed by atoms with Crippen LogP contribution in [0.1, 0.15) is 86.9 Å². The first-order valence-electron chi connectivity index (χ1n) is 16.7. The molecule has 0 spiro atoms. The van der Waals surface area contributed by atoms with Crippen LogP contribution in [-0.2, 0) is 9.37 Å². The number of aryl methyl sites for hydroxylation is 1. The Bertz CT molecular complexity index is 1700. The topological polar surface area (TPSA) is 146 Å². The fraction of sp³-hybridized carbons (Fsp3) is 0.378. The molecule has 0 amide bonds. The molecule has 0 bridgehead atoms. The summed E-state index contributed by atoms with van der Waals surface area (Å²) in [6, 6.07) is 20.7. The van der Waals surface area contributed by atoms with E-state index in [4.69, 9.17) is 5.26 Å². The molecule has 0 radical (unpaired) electrons. The second kappa shape index (κ2) is 24.7. The van der Waals surface area contributed by atoms with Crippen LogP contribution in [0.2, 0.25) is 0 Å². The normalized spacial score (nSPS) is 10.1. The molecule has 0 unspecified atom stereocenters. The number of nitrogens with zero attached hydrogens (tertiary/aromatic N) is 5. The molecule has 4 aromatic carbocycles. The molecule has 0 aliphatic heterocycles. The van der Waals surface area contributed by atoms with E-state index in [0.717, 1.165) is 10.8 Å². The van der Waals surface area contributed by atoms with Crippen molar-refractivity contribution in [1.29, 1.82) is 0 Å². The summed E-state index contributed by atoms with van der Waals surface area (Å²) in [6.45, 7) is 18.8. The highest BCUT2D eigenvalue weighted by Gasteiger charge is 2.18. The average Bonchev–Trinajstić information content (AvgIpc) is 3.08. The van der Waals surface area contributed by atoms with Gasteiger partial charge in [0, 0.05) is 12.4 Å². The van der Waals surface area contributed by atoms with Crippen molar-refractivity contribution in [2.75, 3.05) is 17.7 Å². The molecule has 12 heteroatoms. The Morgan fingerprint density at radius 3 is 1.92 bits per heavy atom. The van der Waals surface area contributed by atoms with Crippen LogP contribution in [0.15, 0.2) is 81.9 Å². The summed E-state index contributed by atoms with van der Waals surface area (Å²) in [7, 11) is 1.71. The Balaban J connectivity index is 0.000000880. The summed E-state index contributed by atoms with van der Waals surface area (Å²) >= 11 is 0.683. The maximum absolute atomic E-state index is 11.4. The third-order valence-corrected chi connectivity index (χ3v) is 6.07. The highest BCUT2D eigenvalue weighted by Crippen LogP contribution is 2.46. The molecule has 4 N–H and O–H groups in total. The molecule has 0 saturated carbocycles. The first-order valence-corrected chi connectivity index (χ1v) is 17.5. The van der Waals surface area contributed by atoms with E-state index in [0.29, 0.717) is 56.8 Å². The molecule has 266 valence electrons. The molecular formula is C37H53N7O4S. The lowest BCUT2D eigenvalue weighted by atomic mass is 10.1. The van der Waals surface area contributed by atoms with Crippen molar-refractivity contribution in [2.45, 2.75) is 92.9 Å². The van der Waals surface area contributed by atoms with Gasteiger partial charge in [-0.05, 0) is 47.3 Å². The fourth-order valence-corrected chi connectivity index (χ4v) is 4.33. The average molecular weight is 692 g/mol. The maximum atomic E-state index is 11.4. The van der Waals surface area contributed by atoms with Gasteiger partial charge in [-0.15, -0.1) is 9.45 Å². The van der Waals surface area contributed by atoms with E-state index < -0.39 is 0 Å². The van der Waals surface area contributed by atoms with Crippen molar-refractivity contribution >= 4 is 62.5 Å². The van der Waals surface area contributed by atoms with Gasteiger partial charge >= 0.3 is 0 Å². The van der Waals surface area contributed by atoms with Gasteiger partial charge in [0.15, 0.2) is 5.75 Å². The van der Waals surface area contributed by atoms with Crippen molar-refractivity contribution in [3.63, 3.8) is 0 Å². The number of azo groups is 1. The summed E-state index contributed by atoms with van der Waals surface area (Å²) < 4.78 is 4.65. The Morgan fingerprint density at radius 1 is 0.714 bits per heavy atom. The van der Waals surface area contributed by atoms with Crippen LogP contribution in [0.4, 0.5) is 29.0 Å². The summed E-state index contributed by atoms with van der Waals surface area (Å²) in [5.41, 5.74) is 1.26. The monoisotopic (exact) mass is 691 g/mol. The smallest absolute Gasteiger partial charge is 0.232 e. The molecule has 49 heavy (non-hydrogen) atoms.